The van der Waals surface area contributed by atoms with Gasteiger partial charge in [0.1, 0.15) is 23.5 Å². The minimum absolute atomic E-state index is 0.0392. The molecular weight excluding hydrogens is 509 g/mol. The summed E-state index contributed by atoms with van der Waals surface area (Å²) in [6.07, 6.45) is 7.62. The number of nitrogens with two attached hydrogens (primary N) is 2. The number of aliphatic imine (C=N–C) groups is 2. The monoisotopic (exact) mass is 532 g/mol. The molecule has 4 aliphatic rings. The lowest BCUT2D eigenvalue weighted by Crippen LogP contribution is -2.77. The highest BCUT2D eigenvalue weighted by Gasteiger charge is 2.74. The van der Waals surface area contributed by atoms with Crippen LogP contribution in [-0.4, -0.2) is 54.8 Å². The zero-order valence-corrected chi connectivity index (χ0v) is 20.3. The van der Waals surface area contributed by atoms with Crippen molar-refractivity contribution in [2.45, 2.75) is 53.9 Å². The second-order valence-electron chi connectivity index (χ2n) is 9.65. The number of rotatable bonds is 6. The fraction of sp³-hybridized carbons (Fsp3) is 0.435. The summed E-state index contributed by atoms with van der Waals surface area (Å²) in [5.41, 5.74) is 11.4. The van der Waals surface area contributed by atoms with E-state index >= 15 is 0 Å². The number of dihydropyridines is 1. The van der Waals surface area contributed by atoms with Crippen molar-refractivity contribution in [1.82, 2.24) is 20.3 Å². The van der Waals surface area contributed by atoms with Crippen molar-refractivity contribution < 1.29 is 22.3 Å². The third-order valence-electron chi connectivity index (χ3n) is 7.60. The minimum Gasteiger partial charge on any atom is -0.467 e. The Bertz CT molecular complexity index is 1350. The number of ether oxygens (including phenoxy) is 1. The van der Waals surface area contributed by atoms with E-state index in [9.17, 15) is 13.2 Å². The molecule has 37 heavy (non-hydrogen) atoms. The van der Waals surface area contributed by atoms with Gasteiger partial charge in [-0.05, 0) is 25.5 Å². The van der Waals surface area contributed by atoms with Crippen LogP contribution in [0.1, 0.15) is 30.6 Å². The topological polar surface area (TPSA) is 150 Å². The fourth-order valence-corrected chi connectivity index (χ4v) is 6.74. The summed E-state index contributed by atoms with van der Waals surface area (Å²) in [4.78, 5) is 21.7. The van der Waals surface area contributed by atoms with Gasteiger partial charge in [-0.2, -0.15) is 4.39 Å². The van der Waals surface area contributed by atoms with Crippen molar-refractivity contribution in [3.63, 3.8) is 0 Å². The number of hydrogen-bond acceptors (Lipinski definition) is 11. The lowest BCUT2D eigenvalue weighted by Gasteiger charge is -2.53. The van der Waals surface area contributed by atoms with Gasteiger partial charge >= 0.3 is 0 Å². The van der Waals surface area contributed by atoms with Crippen LogP contribution in [0.25, 0.3) is 6.08 Å². The molecule has 0 bridgehead atoms. The lowest BCUT2D eigenvalue weighted by molar-refractivity contribution is 0.105. The van der Waals surface area contributed by atoms with Crippen LogP contribution in [0.15, 0.2) is 51.4 Å². The fourth-order valence-electron chi connectivity index (χ4n) is 5.49. The Balaban J connectivity index is 1.38. The number of alkyl halides is 2. The Morgan fingerprint density at radius 3 is 2.89 bits per heavy atom. The Hall–Kier alpha value is -3.23. The van der Waals surface area contributed by atoms with E-state index in [2.05, 4.69) is 30.3 Å². The Morgan fingerprint density at radius 1 is 1.30 bits per heavy atom. The number of nitrogens with one attached hydrogen (secondary N) is 1. The van der Waals surface area contributed by atoms with Gasteiger partial charge in [-0.3, -0.25) is 4.99 Å². The maximum Gasteiger partial charge on any atom is 0.253 e. The number of allylic oxidation sites excluding steroid dienone is 1. The molecule has 0 amide bonds. The summed E-state index contributed by atoms with van der Waals surface area (Å²) < 4.78 is 52.1. The van der Waals surface area contributed by atoms with Crippen LogP contribution in [0.2, 0.25) is 0 Å². The molecule has 10 nitrogen and oxygen atoms in total. The molecule has 0 radical (unpaired) electrons. The first-order valence-electron chi connectivity index (χ1n) is 11.5. The predicted molar refractivity (Wildman–Crippen MR) is 131 cm³/mol. The molecule has 0 spiro atoms. The largest absolute Gasteiger partial charge is 0.467 e. The normalized spacial score (nSPS) is 37.5. The van der Waals surface area contributed by atoms with E-state index < -0.39 is 45.8 Å². The standard InChI is InChI=1S/C23H23F3N8O2S/c1-20(13-8-21(13,19(25)26)37-11-32-20)18-22(27,4-2-14(24)34-18)23(28)17-12(3-5-31-23)33-15(9-30-17)36-10-16-29-6-7-35-16/h2-7,9,11,13,18-19,31H,8,10,27-28H2,1H3/t13-,18?,20-,21-,22?,23?/m0/s1. The average Bonchev–Trinajstić information content (AvgIpc) is 3.44. The first kappa shape index (κ1) is 24.1. The number of oxazole rings is 1. The van der Waals surface area contributed by atoms with E-state index in [0.29, 0.717) is 11.6 Å². The summed E-state index contributed by atoms with van der Waals surface area (Å²) in [7, 11) is 0. The van der Waals surface area contributed by atoms with Crippen LogP contribution >= 0.6 is 11.8 Å². The van der Waals surface area contributed by atoms with Gasteiger partial charge in [0.15, 0.2) is 12.3 Å². The molecule has 5 heterocycles. The molecule has 2 aromatic heterocycles. The molecule has 0 aromatic carbocycles. The number of aromatic nitrogens is 3. The Kier molecular flexibility index (Phi) is 5.30. The SMILES string of the molecule is C[C@]1(C2N=C(F)C=CC2(N)C2(N)NC=Cc3nc(OCc4ncco4)cnc32)N=CS[C@@]2(C(F)F)C[C@@H]12. The minimum atomic E-state index is -2.59. The highest BCUT2D eigenvalue weighted by molar-refractivity contribution is 8.13. The molecule has 194 valence electrons. The van der Waals surface area contributed by atoms with E-state index in [1.54, 1.807) is 19.2 Å². The number of nitrogens with zero attached hydrogens (tertiary/aromatic N) is 5. The second-order valence-corrected chi connectivity index (χ2v) is 10.9. The van der Waals surface area contributed by atoms with E-state index in [4.69, 9.17) is 20.6 Å². The van der Waals surface area contributed by atoms with Crippen LogP contribution < -0.4 is 21.5 Å². The summed E-state index contributed by atoms with van der Waals surface area (Å²) in [5.74, 6) is -0.816. The van der Waals surface area contributed by atoms with Crippen molar-refractivity contribution in [2.75, 3.05) is 0 Å². The molecule has 1 fully saturated rings. The Morgan fingerprint density at radius 2 is 2.14 bits per heavy atom. The van der Waals surface area contributed by atoms with Gasteiger partial charge < -0.3 is 25.9 Å². The van der Waals surface area contributed by atoms with E-state index in [1.807, 2.05) is 0 Å². The molecule has 14 heteroatoms. The molecule has 1 saturated carbocycles. The van der Waals surface area contributed by atoms with Gasteiger partial charge in [-0.1, -0.05) is 6.08 Å². The molecule has 3 unspecified atom stereocenters. The zero-order chi connectivity index (χ0) is 26.1. The average molecular weight is 533 g/mol. The zero-order valence-electron chi connectivity index (χ0n) is 19.5. The van der Waals surface area contributed by atoms with Crippen LogP contribution in [0.3, 0.4) is 0 Å². The molecule has 3 aliphatic heterocycles. The third kappa shape index (κ3) is 3.45. The summed E-state index contributed by atoms with van der Waals surface area (Å²) >= 11 is 0.995. The first-order valence-corrected chi connectivity index (χ1v) is 12.3. The van der Waals surface area contributed by atoms with Crippen LogP contribution in [0.4, 0.5) is 13.2 Å². The van der Waals surface area contributed by atoms with Crippen molar-refractivity contribution in [3.8, 4) is 5.88 Å². The smallest absolute Gasteiger partial charge is 0.253 e. The number of fused-ring (bicyclic) bond motifs is 2. The van der Waals surface area contributed by atoms with Gasteiger partial charge in [0, 0.05) is 12.1 Å². The molecule has 6 atom stereocenters. The second kappa shape index (κ2) is 8.13. The number of halogens is 3. The van der Waals surface area contributed by atoms with E-state index in [0.717, 1.165) is 17.8 Å². The first-order chi connectivity index (χ1) is 17.6. The van der Waals surface area contributed by atoms with Crippen molar-refractivity contribution in [3.05, 3.63) is 54.3 Å². The van der Waals surface area contributed by atoms with Gasteiger partial charge in [-0.25, -0.2) is 28.7 Å². The number of hydrogen-bond donors (Lipinski definition) is 3. The highest BCUT2D eigenvalue weighted by atomic mass is 32.2. The maximum absolute atomic E-state index is 14.6. The van der Waals surface area contributed by atoms with Crippen LogP contribution in [0, 0.1) is 5.92 Å². The van der Waals surface area contributed by atoms with Gasteiger partial charge in [0.25, 0.3) is 6.43 Å². The van der Waals surface area contributed by atoms with Crippen LogP contribution in [0.5, 0.6) is 5.88 Å². The predicted octanol–water partition coefficient (Wildman–Crippen LogP) is 2.29. The van der Waals surface area contributed by atoms with Crippen molar-refractivity contribution in [1.29, 1.82) is 0 Å². The molecule has 6 rings (SSSR count). The summed E-state index contributed by atoms with van der Waals surface area (Å²) in [5, 5.41) is 3.05. The molecule has 5 N–H and O–H groups in total. The highest BCUT2D eigenvalue weighted by Crippen LogP contribution is 2.66. The molecule has 0 saturated heterocycles. The van der Waals surface area contributed by atoms with E-state index in [-0.39, 0.29) is 24.6 Å². The number of thioether (sulfide) groups is 1. The lowest BCUT2D eigenvalue weighted by atomic mass is 9.66. The van der Waals surface area contributed by atoms with Gasteiger partial charge in [0.05, 0.1) is 33.9 Å². The van der Waals surface area contributed by atoms with Gasteiger partial charge in [-0.15, -0.1) is 11.8 Å². The maximum atomic E-state index is 14.6. The van der Waals surface area contributed by atoms with E-state index in [1.165, 1.54) is 30.3 Å². The third-order valence-corrected chi connectivity index (χ3v) is 8.88. The quantitative estimate of drug-likeness (QED) is 0.509. The molecule has 2 aromatic rings. The Labute approximate surface area is 213 Å². The van der Waals surface area contributed by atoms with Crippen LogP contribution in [-0.2, 0) is 12.3 Å². The van der Waals surface area contributed by atoms with Crippen molar-refractivity contribution >= 4 is 29.3 Å². The summed E-state index contributed by atoms with van der Waals surface area (Å²) in [6.45, 7) is 1.71. The van der Waals surface area contributed by atoms with Crippen molar-refractivity contribution in [2.24, 2.45) is 27.4 Å². The molecular formula is C23H23F3N8O2S. The summed E-state index contributed by atoms with van der Waals surface area (Å²) in [6, 6.07) is -1.13. The van der Waals surface area contributed by atoms with Gasteiger partial charge in [0.2, 0.25) is 17.7 Å². The molecule has 1 aliphatic carbocycles.